The van der Waals surface area contributed by atoms with Crippen molar-refractivity contribution < 1.29 is 9.53 Å². The van der Waals surface area contributed by atoms with E-state index in [1.165, 1.54) is 0 Å². The second kappa shape index (κ2) is 7.25. The van der Waals surface area contributed by atoms with Crippen molar-refractivity contribution in [2.45, 2.75) is 13.2 Å². The average Bonchev–Trinajstić information content (AvgIpc) is 2.49. The molecule has 0 aromatic heterocycles. The number of amides is 1. The van der Waals surface area contributed by atoms with Crippen LogP contribution in [0.2, 0.25) is 5.02 Å². The number of carbonyl (C=O) groups excluding carboxylic acids is 1. The molecule has 0 aliphatic heterocycles. The highest BCUT2D eigenvalue weighted by molar-refractivity contribution is 6.30. The molecule has 4 heteroatoms. The summed E-state index contributed by atoms with van der Waals surface area (Å²) in [5.41, 5.74) is 2.70. The highest BCUT2D eigenvalue weighted by Gasteiger charge is 2.12. The Morgan fingerprint density at radius 1 is 1.14 bits per heavy atom. The SMILES string of the molecule is COCc1cccc(C(=O)N(C)Cc2ccc(Cl)cc2)c1. The number of halogens is 1. The Hall–Kier alpha value is -1.84. The fourth-order valence-electron chi connectivity index (χ4n) is 2.12. The Balaban J connectivity index is 2.08. The minimum atomic E-state index is -0.0112. The largest absolute Gasteiger partial charge is 0.380 e. The molecule has 0 aliphatic carbocycles. The molecule has 0 atom stereocenters. The lowest BCUT2D eigenvalue weighted by Crippen LogP contribution is -2.26. The maximum absolute atomic E-state index is 12.4. The standard InChI is InChI=1S/C17H18ClNO2/c1-19(11-13-6-8-16(18)9-7-13)17(20)15-5-3-4-14(10-15)12-21-2/h3-10H,11-12H2,1-2H3. The lowest BCUT2D eigenvalue weighted by molar-refractivity contribution is 0.0785. The smallest absolute Gasteiger partial charge is 0.253 e. The second-order valence-corrected chi connectivity index (χ2v) is 5.36. The van der Waals surface area contributed by atoms with Crippen molar-refractivity contribution in [1.82, 2.24) is 4.90 Å². The molecule has 3 nitrogen and oxygen atoms in total. The molecule has 0 heterocycles. The first-order valence-corrected chi connectivity index (χ1v) is 7.05. The zero-order chi connectivity index (χ0) is 15.2. The molecular formula is C17H18ClNO2. The van der Waals surface area contributed by atoms with E-state index in [0.29, 0.717) is 23.7 Å². The van der Waals surface area contributed by atoms with Gasteiger partial charge in [0.1, 0.15) is 0 Å². The van der Waals surface area contributed by atoms with Gasteiger partial charge in [-0.05, 0) is 35.4 Å². The van der Waals surface area contributed by atoms with Gasteiger partial charge in [-0.25, -0.2) is 0 Å². The molecule has 1 amide bonds. The van der Waals surface area contributed by atoms with Gasteiger partial charge < -0.3 is 9.64 Å². The minimum absolute atomic E-state index is 0.0112. The summed E-state index contributed by atoms with van der Waals surface area (Å²) in [7, 11) is 3.43. The van der Waals surface area contributed by atoms with Gasteiger partial charge in [-0.15, -0.1) is 0 Å². The van der Waals surface area contributed by atoms with Gasteiger partial charge in [0.25, 0.3) is 5.91 Å². The van der Waals surface area contributed by atoms with Gasteiger partial charge in [0, 0.05) is 31.3 Å². The monoisotopic (exact) mass is 303 g/mol. The van der Waals surface area contributed by atoms with E-state index in [1.807, 2.05) is 48.5 Å². The number of nitrogens with zero attached hydrogens (tertiary/aromatic N) is 1. The normalized spacial score (nSPS) is 10.4. The zero-order valence-corrected chi connectivity index (χ0v) is 12.9. The summed E-state index contributed by atoms with van der Waals surface area (Å²) in [4.78, 5) is 14.1. The summed E-state index contributed by atoms with van der Waals surface area (Å²) in [5, 5.41) is 0.694. The van der Waals surface area contributed by atoms with Crippen molar-refractivity contribution in [2.24, 2.45) is 0 Å². The van der Waals surface area contributed by atoms with Gasteiger partial charge in [0.2, 0.25) is 0 Å². The van der Waals surface area contributed by atoms with Crippen LogP contribution in [0.15, 0.2) is 48.5 Å². The molecule has 21 heavy (non-hydrogen) atoms. The maximum Gasteiger partial charge on any atom is 0.253 e. The van der Waals surface area contributed by atoms with Gasteiger partial charge in [-0.1, -0.05) is 35.9 Å². The Morgan fingerprint density at radius 3 is 2.52 bits per heavy atom. The minimum Gasteiger partial charge on any atom is -0.380 e. The Kier molecular flexibility index (Phi) is 5.37. The van der Waals surface area contributed by atoms with Crippen LogP contribution in [0, 0.1) is 0 Å². The summed E-state index contributed by atoms with van der Waals surface area (Å²) >= 11 is 5.86. The van der Waals surface area contributed by atoms with E-state index in [4.69, 9.17) is 16.3 Å². The van der Waals surface area contributed by atoms with Crippen LogP contribution in [0.1, 0.15) is 21.5 Å². The van der Waals surface area contributed by atoms with E-state index < -0.39 is 0 Å². The number of hydrogen-bond donors (Lipinski definition) is 0. The molecular weight excluding hydrogens is 286 g/mol. The van der Waals surface area contributed by atoms with Crippen molar-refractivity contribution in [2.75, 3.05) is 14.2 Å². The molecule has 0 fully saturated rings. The summed E-state index contributed by atoms with van der Waals surface area (Å²) < 4.78 is 5.09. The summed E-state index contributed by atoms with van der Waals surface area (Å²) in [6, 6.07) is 15.0. The molecule has 110 valence electrons. The fraction of sp³-hybridized carbons (Fsp3) is 0.235. The molecule has 2 aromatic rings. The van der Waals surface area contributed by atoms with Crippen molar-refractivity contribution in [3.05, 3.63) is 70.2 Å². The van der Waals surface area contributed by atoms with Crippen LogP contribution in [-0.2, 0) is 17.9 Å². The van der Waals surface area contributed by atoms with E-state index in [0.717, 1.165) is 11.1 Å². The van der Waals surface area contributed by atoms with Crippen LogP contribution < -0.4 is 0 Å². The third-order valence-electron chi connectivity index (χ3n) is 3.16. The maximum atomic E-state index is 12.4. The Labute approximate surface area is 130 Å². The van der Waals surface area contributed by atoms with Gasteiger partial charge >= 0.3 is 0 Å². The number of benzene rings is 2. The third kappa shape index (κ3) is 4.31. The average molecular weight is 304 g/mol. The zero-order valence-electron chi connectivity index (χ0n) is 12.2. The quantitative estimate of drug-likeness (QED) is 0.841. The van der Waals surface area contributed by atoms with Crippen LogP contribution in [-0.4, -0.2) is 25.0 Å². The first kappa shape index (κ1) is 15.5. The molecule has 0 saturated carbocycles. The lowest BCUT2D eigenvalue weighted by Gasteiger charge is -2.18. The van der Waals surface area contributed by atoms with Crippen molar-refractivity contribution in [1.29, 1.82) is 0 Å². The van der Waals surface area contributed by atoms with Crippen LogP contribution in [0.25, 0.3) is 0 Å². The summed E-state index contributed by atoms with van der Waals surface area (Å²) in [6.45, 7) is 1.05. The molecule has 0 saturated heterocycles. The Bertz CT molecular complexity index is 610. The van der Waals surface area contributed by atoms with E-state index in [-0.39, 0.29) is 5.91 Å². The predicted molar refractivity (Wildman–Crippen MR) is 84.4 cm³/mol. The van der Waals surface area contributed by atoms with Gasteiger partial charge in [-0.3, -0.25) is 4.79 Å². The molecule has 2 aromatic carbocycles. The van der Waals surface area contributed by atoms with Crippen LogP contribution in [0.4, 0.5) is 0 Å². The molecule has 0 N–H and O–H groups in total. The second-order valence-electron chi connectivity index (χ2n) is 4.92. The Morgan fingerprint density at radius 2 is 1.86 bits per heavy atom. The lowest BCUT2D eigenvalue weighted by atomic mass is 10.1. The molecule has 0 bridgehead atoms. The fourth-order valence-corrected chi connectivity index (χ4v) is 2.24. The molecule has 0 spiro atoms. The highest BCUT2D eigenvalue weighted by Crippen LogP contribution is 2.13. The van der Waals surface area contributed by atoms with Crippen LogP contribution >= 0.6 is 11.6 Å². The summed E-state index contributed by atoms with van der Waals surface area (Å²) in [6.07, 6.45) is 0. The first-order chi connectivity index (χ1) is 10.1. The molecule has 2 rings (SSSR count). The third-order valence-corrected chi connectivity index (χ3v) is 3.42. The number of ether oxygens (including phenoxy) is 1. The van der Waals surface area contributed by atoms with Crippen molar-refractivity contribution >= 4 is 17.5 Å². The van der Waals surface area contributed by atoms with Crippen LogP contribution in [0.5, 0.6) is 0 Å². The van der Waals surface area contributed by atoms with Crippen LogP contribution in [0.3, 0.4) is 0 Å². The van der Waals surface area contributed by atoms with Crippen molar-refractivity contribution in [3.8, 4) is 0 Å². The number of carbonyl (C=O) groups is 1. The molecule has 0 unspecified atom stereocenters. The number of methoxy groups -OCH3 is 1. The van der Waals surface area contributed by atoms with E-state index in [9.17, 15) is 4.79 Å². The van der Waals surface area contributed by atoms with E-state index in [1.54, 1.807) is 19.1 Å². The van der Waals surface area contributed by atoms with Crippen molar-refractivity contribution in [3.63, 3.8) is 0 Å². The topological polar surface area (TPSA) is 29.5 Å². The highest BCUT2D eigenvalue weighted by atomic mass is 35.5. The molecule has 0 aliphatic rings. The molecule has 0 radical (unpaired) electrons. The summed E-state index contributed by atoms with van der Waals surface area (Å²) in [5.74, 6) is -0.0112. The first-order valence-electron chi connectivity index (χ1n) is 6.68. The van der Waals surface area contributed by atoms with E-state index >= 15 is 0 Å². The van der Waals surface area contributed by atoms with E-state index in [2.05, 4.69) is 0 Å². The number of hydrogen-bond acceptors (Lipinski definition) is 2. The van der Waals surface area contributed by atoms with Gasteiger partial charge in [0.05, 0.1) is 6.61 Å². The predicted octanol–water partition coefficient (Wildman–Crippen LogP) is 3.76. The van der Waals surface area contributed by atoms with Gasteiger partial charge in [0.15, 0.2) is 0 Å². The number of rotatable bonds is 5. The van der Waals surface area contributed by atoms with Gasteiger partial charge in [-0.2, -0.15) is 0 Å².